The lowest BCUT2D eigenvalue weighted by molar-refractivity contribution is 0.395. The molecule has 1 nitrogen and oxygen atoms in total. The van der Waals surface area contributed by atoms with Crippen molar-refractivity contribution in [1.82, 2.24) is 0 Å². The Kier molecular flexibility index (Phi) is 1.67. The molecule has 0 saturated carbocycles. The van der Waals surface area contributed by atoms with Gasteiger partial charge in [-0.05, 0) is 33.5 Å². The van der Waals surface area contributed by atoms with Crippen LogP contribution in [0.4, 0.5) is 0 Å². The van der Waals surface area contributed by atoms with Gasteiger partial charge >= 0.3 is 0 Å². The van der Waals surface area contributed by atoms with Crippen molar-refractivity contribution >= 4 is 22.9 Å². The van der Waals surface area contributed by atoms with Crippen LogP contribution in [0.5, 0.6) is 0 Å². The Balaban J connectivity index is 2.16. The molecule has 1 aliphatic heterocycles. The van der Waals surface area contributed by atoms with Crippen LogP contribution in [0.3, 0.4) is 0 Å². The van der Waals surface area contributed by atoms with Gasteiger partial charge in [-0.1, -0.05) is 49.1 Å². The normalized spacial score (nSPS) is 24.2. The van der Waals surface area contributed by atoms with E-state index < -0.39 is 0 Å². The zero-order chi connectivity index (χ0) is 11.4. The molecule has 0 spiro atoms. The second kappa shape index (κ2) is 3.08. The Morgan fingerprint density at radius 2 is 2.00 bits per heavy atom. The first-order chi connectivity index (χ1) is 8.38. The molecule has 2 atom stereocenters. The van der Waals surface area contributed by atoms with E-state index in [0.717, 1.165) is 0 Å². The number of hydrogen-bond acceptors (Lipinski definition) is 1. The highest BCUT2D eigenvalue weighted by atomic mass is 16.6. The first kappa shape index (κ1) is 9.20. The topological polar surface area (TPSA) is 12.5 Å². The van der Waals surface area contributed by atoms with Crippen LogP contribution in [0.1, 0.15) is 22.8 Å². The van der Waals surface area contributed by atoms with Crippen molar-refractivity contribution in [3.8, 4) is 0 Å². The lowest BCUT2D eigenvalue weighted by Crippen LogP contribution is -1.97. The lowest BCUT2D eigenvalue weighted by atomic mass is 9.89. The third-order valence-corrected chi connectivity index (χ3v) is 3.65. The van der Waals surface area contributed by atoms with Gasteiger partial charge in [0.2, 0.25) is 0 Å². The third kappa shape index (κ3) is 1.17. The maximum atomic E-state index is 5.63. The molecule has 17 heavy (non-hydrogen) atoms. The van der Waals surface area contributed by atoms with Gasteiger partial charge in [0, 0.05) is 0 Å². The number of fused-ring (bicyclic) bond motifs is 5. The molecule has 2 aromatic rings. The van der Waals surface area contributed by atoms with E-state index in [4.69, 9.17) is 4.74 Å². The number of benzene rings is 2. The molecule has 0 aromatic heterocycles. The van der Waals surface area contributed by atoms with Crippen molar-refractivity contribution in [2.24, 2.45) is 0 Å². The Labute approximate surface area is 100 Å². The molecule has 0 bridgehead atoms. The smallest absolute Gasteiger partial charge is 0.114 e. The van der Waals surface area contributed by atoms with Crippen LogP contribution in [-0.2, 0) is 4.74 Å². The SMILES string of the molecule is C=Cc1cc2c(c3ccccc13)C=CC1OC21. The van der Waals surface area contributed by atoms with Crippen molar-refractivity contribution < 1.29 is 4.74 Å². The highest BCUT2D eigenvalue weighted by Crippen LogP contribution is 2.47. The summed E-state index contributed by atoms with van der Waals surface area (Å²) in [6, 6.07) is 10.7. The van der Waals surface area contributed by atoms with Gasteiger partial charge in [0.25, 0.3) is 0 Å². The molecule has 2 aromatic carbocycles. The van der Waals surface area contributed by atoms with Crippen LogP contribution in [0.15, 0.2) is 43.0 Å². The third-order valence-electron chi connectivity index (χ3n) is 3.65. The summed E-state index contributed by atoms with van der Waals surface area (Å²) in [4.78, 5) is 0. The molecule has 0 N–H and O–H groups in total. The quantitative estimate of drug-likeness (QED) is 0.663. The summed E-state index contributed by atoms with van der Waals surface area (Å²) in [7, 11) is 0. The molecule has 0 radical (unpaired) electrons. The lowest BCUT2D eigenvalue weighted by Gasteiger charge is -2.13. The van der Waals surface area contributed by atoms with E-state index in [-0.39, 0.29) is 6.10 Å². The average molecular weight is 220 g/mol. The zero-order valence-corrected chi connectivity index (χ0v) is 9.39. The van der Waals surface area contributed by atoms with Crippen LogP contribution >= 0.6 is 0 Å². The van der Waals surface area contributed by atoms with E-state index in [9.17, 15) is 0 Å². The predicted octanol–water partition coefficient (Wildman–Crippen LogP) is 3.95. The summed E-state index contributed by atoms with van der Waals surface area (Å²) in [5.41, 5.74) is 3.82. The van der Waals surface area contributed by atoms with E-state index in [1.54, 1.807) is 0 Å². The second-order valence-electron chi connectivity index (χ2n) is 4.60. The van der Waals surface area contributed by atoms with Gasteiger partial charge in [0.05, 0.1) is 0 Å². The largest absolute Gasteiger partial charge is 0.360 e. The number of hydrogen-bond donors (Lipinski definition) is 0. The minimum Gasteiger partial charge on any atom is -0.360 e. The first-order valence-electron chi connectivity index (χ1n) is 5.90. The van der Waals surface area contributed by atoms with Crippen LogP contribution in [-0.4, -0.2) is 6.10 Å². The van der Waals surface area contributed by atoms with Crippen LogP contribution in [0, 0.1) is 0 Å². The summed E-state index contributed by atoms with van der Waals surface area (Å²) in [6.45, 7) is 3.91. The molecule has 1 heterocycles. The van der Waals surface area contributed by atoms with E-state index in [1.165, 1.54) is 27.5 Å². The van der Waals surface area contributed by atoms with Crippen LogP contribution in [0.25, 0.3) is 22.9 Å². The average Bonchev–Trinajstić information content (AvgIpc) is 3.17. The molecule has 1 fully saturated rings. The second-order valence-corrected chi connectivity index (χ2v) is 4.60. The van der Waals surface area contributed by atoms with Crippen LogP contribution in [0.2, 0.25) is 0 Å². The van der Waals surface area contributed by atoms with Crippen molar-refractivity contribution in [2.45, 2.75) is 12.2 Å². The summed E-state index contributed by atoms with van der Waals surface area (Å²) >= 11 is 0. The highest BCUT2D eigenvalue weighted by molar-refractivity contribution is 5.98. The van der Waals surface area contributed by atoms with E-state index in [2.05, 4.69) is 49.1 Å². The van der Waals surface area contributed by atoms with Gasteiger partial charge < -0.3 is 4.74 Å². The highest BCUT2D eigenvalue weighted by Gasteiger charge is 2.41. The van der Waals surface area contributed by atoms with Gasteiger partial charge in [0.15, 0.2) is 0 Å². The van der Waals surface area contributed by atoms with Gasteiger partial charge in [-0.25, -0.2) is 0 Å². The minimum atomic E-state index is 0.276. The van der Waals surface area contributed by atoms with Crippen LogP contribution < -0.4 is 0 Å². The van der Waals surface area contributed by atoms with E-state index in [0.29, 0.717) is 6.10 Å². The number of ether oxygens (including phenoxy) is 1. The molecular weight excluding hydrogens is 208 g/mol. The van der Waals surface area contributed by atoms with Gasteiger partial charge in [0.1, 0.15) is 12.2 Å². The zero-order valence-electron chi connectivity index (χ0n) is 9.39. The fourth-order valence-corrected chi connectivity index (χ4v) is 2.75. The maximum Gasteiger partial charge on any atom is 0.114 e. The number of epoxide rings is 1. The summed E-state index contributed by atoms with van der Waals surface area (Å²) in [5.74, 6) is 0. The Hall–Kier alpha value is -1.86. The molecule has 0 amide bonds. The maximum absolute atomic E-state index is 5.63. The van der Waals surface area contributed by atoms with Crippen molar-refractivity contribution in [3.63, 3.8) is 0 Å². The summed E-state index contributed by atoms with van der Waals surface area (Å²) in [5, 5.41) is 2.56. The molecule has 1 saturated heterocycles. The summed E-state index contributed by atoms with van der Waals surface area (Å²) in [6.07, 6.45) is 6.86. The molecule has 2 aliphatic rings. The fourth-order valence-electron chi connectivity index (χ4n) is 2.75. The Morgan fingerprint density at radius 1 is 1.18 bits per heavy atom. The molecule has 2 unspecified atom stereocenters. The molecule has 1 heteroatoms. The monoisotopic (exact) mass is 220 g/mol. The van der Waals surface area contributed by atoms with Gasteiger partial charge in [-0.3, -0.25) is 0 Å². The van der Waals surface area contributed by atoms with Crippen molar-refractivity contribution in [1.29, 1.82) is 0 Å². The van der Waals surface area contributed by atoms with Gasteiger partial charge in [-0.15, -0.1) is 0 Å². The fraction of sp³-hybridized carbons (Fsp3) is 0.125. The molecule has 1 aliphatic carbocycles. The first-order valence-corrected chi connectivity index (χ1v) is 5.90. The van der Waals surface area contributed by atoms with E-state index >= 15 is 0 Å². The Bertz CT molecular complexity index is 667. The number of rotatable bonds is 1. The molecular formula is C16H12O. The standard InChI is InChI=1S/C16H12O/c1-2-10-9-14-13(7-8-15-16(14)17-15)12-6-4-3-5-11(10)12/h2-9,15-16H,1H2. The predicted molar refractivity (Wildman–Crippen MR) is 70.7 cm³/mol. The van der Waals surface area contributed by atoms with Gasteiger partial charge in [-0.2, -0.15) is 0 Å². The van der Waals surface area contributed by atoms with Crippen molar-refractivity contribution in [2.75, 3.05) is 0 Å². The van der Waals surface area contributed by atoms with E-state index in [1.807, 2.05) is 6.08 Å². The molecule has 82 valence electrons. The molecule has 4 rings (SSSR count). The Morgan fingerprint density at radius 3 is 2.82 bits per heavy atom. The summed E-state index contributed by atoms with van der Waals surface area (Å²) < 4.78 is 5.63. The minimum absolute atomic E-state index is 0.276. The van der Waals surface area contributed by atoms with Crippen molar-refractivity contribution in [3.05, 3.63) is 59.7 Å².